The average Bonchev–Trinajstić information content (AvgIpc) is 2.39. The van der Waals surface area contributed by atoms with Gasteiger partial charge < -0.3 is 10.2 Å². The Kier molecular flexibility index (Phi) is 6.53. The molecule has 0 aliphatic rings. The van der Waals surface area contributed by atoms with Crippen LogP contribution >= 0.6 is 0 Å². The molecule has 122 valence electrons. The number of nitrogens with zero attached hydrogens (tertiary/aromatic N) is 1. The van der Waals surface area contributed by atoms with Crippen molar-refractivity contribution in [2.45, 2.75) is 46.1 Å². The van der Waals surface area contributed by atoms with Crippen LogP contribution < -0.4 is 5.32 Å². The Hall–Kier alpha value is -1.91. The lowest BCUT2D eigenvalue weighted by Crippen LogP contribution is -2.46. The largest absolute Gasteiger partial charge is 0.356 e. The lowest BCUT2D eigenvalue weighted by Gasteiger charge is -2.34. The van der Waals surface area contributed by atoms with E-state index in [9.17, 15) is 14.0 Å². The van der Waals surface area contributed by atoms with E-state index in [4.69, 9.17) is 0 Å². The maximum Gasteiger partial charge on any atom is 0.221 e. The number of halogens is 1. The smallest absolute Gasteiger partial charge is 0.221 e. The number of amides is 2. The number of nitrogens with one attached hydrogen (secondary N) is 1. The van der Waals surface area contributed by atoms with Crippen LogP contribution in [0.1, 0.15) is 39.7 Å². The van der Waals surface area contributed by atoms with Crippen molar-refractivity contribution in [2.75, 3.05) is 13.1 Å². The first-order valence-corrected chi connectivity index (χ1v) is 7.50. The molecule has 5 heteroatoms. The van der Waals surface area contributed by atoms with Gasteiger partial charge in [-0.15, -0.1) is 0 Å². The summed E-state index contributed by atoms with van der Waals surface area (Å²) in [6.07, 6.45) is 0.697. The predicted octanol–water partition coefficient (Wildman–Crippen LogP) is 2.52. The Balaban J connectivity index is 2.38. The fourth-order valence-corrected chi connectivity index (χ4v) is 2.30. The van der Waals surface area contributed by atoms with Crippen LogP contribution in [0.15, 0.2) is 24.3 Å². The molecule has 0 fully saturated rings. The second kappa shape index (κ2) is 7.92. The van der Waals surface area contributed by atoms with E-state index in [1.807, 2.05) is 20.8 Å². The molecule has 4 nitrogen and oxygen atoms in total. The minimum Gasteiger partial charge on any atom is -0.356 e. The van der Waals surface area contributed by atoms with Crippen LogP contribution in [0.2, 0.25) is 0 Å². The Labute approximate surface area is 131 Å². The lowest BCUT2D eigenvalue weighted by atomic mass is 10.1. The number of rotatable bonds is 6. The van der Waals surface area contributed by atoms with E-state index in [1.54, 1.807) is 23.1 Å². The van der Waals surface area contributed by atoms with Crippen LogP contribution in [0.4, 0.5) is 4.39 Å². The number of hydrogen-bond acceptors (Lipinski definition) is 2. The Morgan fingerprint density at radius 1 is 1.23 bits per heavy atom. The molecule has 0 aromatic heterocycles. The minimum absolute atomic E-state index is 0.0494. The molecule has 1 aromatic rings. The van der Waals surface area contributed by atoms with E-state index in [1.165, 1.54) is 13.0 Å². The van der Waals surface area contributed by atoms with Gasteiger partial charge in [0.15, 0.2) is 0 Å². The van der Waals surface area contributed by atoms with Crippen molar-refractivity contribution in [3.05, 3.63) is 35.6 Å². The van der Waals surface area contributed by atoms with Gasteiger partial charge in [-0.25, -0.2) is 4.39 Å². The number of carbonyl (C=O) groups excluding carboxylic acids is 2. The molecule has 0 spiro atoms. The molecule has 0 aliphatic carbocycles. The third-order valence-electron chi connectivity index (χ3n) is 3.43. The molecule has 0 atom stereocenters. The van der Waals surface area contributed by atoms with Gasteiger partial charge in [0.05, 0.1) is 0 Å². The van der Waals surface area contributed by atoms with Gasteiger partial charge in [-0.05, 0) is 38.8 Å². The first-order valence-electron chi connectivity index (χ1n) is 7.50. The highest BCUT2D eigenvalue weighted by molar-refractivity contribution is 5.78. The van der Waals surface area contributed by atoms with Gasteiger partial charge in [-0.1, -0.05) is 18.2 Å². The van der Waals surface area contributed by atoms with Crippen LogP contribution in [-0.2, 0) is 16.0 Å². The molecule has 0 bridgehead atoms. The predicted molar refractivity (Wildman–Crippen MR) is 84.9 cm³/mol. The van der Waals surface area contributed by atoms with E-state index in [0.717, 1.165) is 0 Å². The molecule has 0 heterocycles. The van der Waals surface area contributed by atoms with E-state index in [2.05, 4.69) is 5.32 Å². The maximum absolute atomic E-state index is 13.4. The summed E-state index contributed by atoms with van der Waals surface area (Å²) in [6.45, 7) is 8.07. The second-order valence-electron chi connectivity index (χ2n) is 6.28. The zero-order valence-electron chi connectivity index (χ0n) is 13.8. The zero-order valence-corrected chi connectivity index (χ0v) is 13.8. The molecule has 1 rings (SSSR count). The summed E-state index contributed by atoms with van der Waals surface area (Å²) < 4.78 is 13.4. The van der Waals surface area contributed by atoms with Gasteiger partial charge in [0.2, 0.25) is 11.8 Å². The van der Waals surface area contributed by atoms with Crippen molar-refractivity contribution in [2.24, 2.45) is 0 Å². The van der Waals surface area contributed by atoms with Gasteiger partial charge >= 0.3 is 0 Å². The monoisotopic (exact) mass is 308 g/mol. The quantitative estimate of drug-likeness (QED) is 0.878. The molecule has 0 radical (unpaired) electrons. The standard InChI is InChI=1S/C17H25FN2O2/c1-13(21)20(17(2,3)4)12-10-16(22)19-11-9-14-7-5-6-8-15(14)18/h5-8H,9-12H2,1-4H3,(H,19,22). The van der Waals surface area contributed by atoms with Crippen molar-refractivity contribution < 1.29 is 14.0 Å². The molecule has 0 unspecified atom stereocenters. The number of benzene rings is 1. The molecular formula is C17H25FN2O2. The Morgan fingerprint density at radius 2 is 1.86 bits per heavy atom. The lowest BCUT2D eigenvalue weighted by molar-refractivity contribution is -0.134. The van der Waals surface area contributed by atoms with Crippen molar-refractivity contribution in [3.8, 4) is 0 Å². The van der Waals surface area contributed by atoms with Crippen molar-refractivity contribution >= 4 is 11.8 Å². The molecule has 1 N–H and O–H groups in total. The molecule has 0 aliphatic heterocycles. The molecular weight excluding hydrogens is 283 g/mol. The van der Waals surface area contributed by atoms with Crippen molar-refractivity contribution in [1.82, 2.24) is 10.2 Å². The van der Waals surface area contributed by atoms with Crippen LogP contribution in [-0.4, -0.2) is 35.3 Å². The van der Waals surface area contributed by atoms with Crippen LogP contribution in [0, 0.1) is 5.82 Å². The summed E-state index contributed by atoms with van der Waals surface area (Å²) in [5.74, 6) is -0.439. The van der Waals surface area contributed by atoms with Crippen molar-refractivity contribution in [1.29, 1.82) is 0 Å². The summed E-state index contributed by atoms with van der Waals surface area (Å²) in [5, 5.41) is 2.76. The van der Waals surface area contributed by atoms with E-state index in [0.29, 0.717) is 25.1 Å². The number of hydrogen-bond donors (Lipinski definition) is 1. The van der Waals surface area contributed by atoms with Crippen LogP contribution in [0.5, 0.6) is 0 Å². The third-order valence-corrected chi connectivity index (χ3v) is 3.43. The minimum atomic E-state index is -0.306. The molecule has 0 saturated heterocycles. The molecule has 22 heavy (non-hydrogen) atoms. The third kappa shape index (κ3) is 5.84. The van der Waals surface area contributed by atoms with Gasteiger partial charge in [-0.3, -0.25) is 9.59 Å². The first kappa shape index (κ1) is 18.1. The van der Waals surface area contributed by atoms with Gasteiger partial charge in [-0.2, -0.15) is 0 Å². The summed E-state index contributed by atoms with van der Waals surface area (Å²) in [5.41, 5.74) is 0.280. The van der Waals surface area contributed by atoms with Gasteiger partial charge in [0, 0.05) is 32.0 Å². The van der Waals surface area contributed by atoms with Crippen LogP contribution in [0.25, 0.3) is 0 Å². The normalized spacial score (nSPS) is 11.1. The SMILES string of the molecule is CC(=O)N(CCC(=O)NCCc1ccccc1F)C(C)(C)C. The van der Waals surface area contributed by atoms with E-state index < -0.39 is 0 Å². The second-order valence-corrected chi connectivity index (χ2v) is 6.28. The van der Waals surface area contributed by atoms with Crippen LogP contribution in [0.3, 0.4) is 0 Å². The van der Waals surface area contributed by atoms with E-state index >= 15 is 0 Å². The first-order chi connectivity index (χ1) is 10.2. The van der Waals surface area contributed by atoms with Gasteiger partial charge in [0.1, 0.15) is 5.82 Å². The van der Waals surface area contributed by atoms with Gasteiger partial charge in [0.25, 0.3) is 0 Å². The summed E-state index contributed by atoms with van der Waals surface area (Å²) in [6, 6.07) is 6.53. The Morgan fingerprint density at radius 3 is 2.41 bits per heavy atom. The maximum atomic E-state index is 13.4. The Bertz CT molecular complexity index is 524. The summed E-state index contributed by atoms with van der Waals surface area (Å²) in [4.78, 5) is 25.1. The fourth-order valence-electron chi connectivity index (χ4n) is 2.30. The number of carbonyl (C=O) groups is 2. The van der Waals surface area contributed by atoms with E-state index in [-0.39, 0.29) is 29.6 Å². The topological polar surface area (TPSA) is 49.4 Å². The highest BCUT2D eigenvalue weighted by Gasteiger charge is 2.23. The highest BCUT2D eigenvalue weighted by Crippen LogP contribution is 2.13. The molecule has 2 amide bonds. The van der Waals surface area contributed by atoms with Crippen molar-refractivity contribution in [3.63, 3.8) is 0 Å². The molecule has 0 saturated carbocycles. The summed E-state index contributed by atoms with van der Waals surface area (Å²) >= 11 is 0. The summed E-state index contributed by atoms with van der Waals surface area (Å²) in [7, 11) is 0. The molecule has 1 aromatic carbocycles. The highest BCUT2D eigenvalue weighted by atomic mass is 19.1. The average molecular weight is 308 g/mol. The zero-order chi connectivity index (χ0) is 16.8. The fraction of sp³-hybridized carbons (Fsp3) is 0.529.